The van der Waals surface area contributed by atoms with Gasteiger partial charge in [0, 0.05) is 38.2 Å². The maximum atomic E-state index is 5.61. The molecule has 3 aliphatic rings. The minimum atomic E-state index is 0.420. The quantitative estimate of drug-likeness (QED) is 0.623. The van der Waals surface area contributed by atoms with Gasteiger partial charge < -0.3 is 15.0 Å². The van der Waals surface area contributed by atoms with Gasteiger partial charge in [-0.3, -0.25) is 4.99 Å². The van der Waals surface area contributed by atoms with Crippen molar-refractivity contribution >= 4 is 5.96 Å². The van der Waals surface area contributed by atoms with E-state index in [9.17, 15) is 0 Å². The molecule has 2 heterocycles. The van der Waals surface area contributed by atoms with E-state index < -0.39 is 0 Å². The summed E-state index contributed by atoms with van der Waals surface area (Å²) in [5.74, 6) is 2.85. The minimum absolute atomic E-state index is 0.420. The number of nitrogens with zero attached hydrogens (tertiary/aromatic N) is 2. The van der Waals surface area contributed by atoms with Crippen LogP contribution in [0.2, 0.25) is 0 Å². The van der Waals surface area contributed by atoms with Crippen LogP contribution in [-0.4, -0.2) is 50.3 Å². The Morgan fingerprint density at radius 2 is 2.32 bits per heavy atom. The summed E-state index contributed by atoms with van der Waals surface area (Å²) in [6, 6.07) is 0. The number of guanidine groups is 1. The molecular formula is C15H27N3O. The number of rotatable bonds is 3. The molecule has 1 spiro atoms. The fraction of sp³-hybridized carbons (Fsp3) is 0.933. The average Bonchev–Trinajstić information content (AvgIpc) is 2.85. The Bertz CT molecular complexity index is 349. The first kappa shape index (κ1) is 13.2. The van der Waals surface area contributed by atoms with Crippen LogP contribution in [0.25, 0.3) is 0 Å². The molecule has 1 aliphatic carbocycles. The van der Waals surface area contributed by atoms with Gasteiger partial charge in [-0.25, -0.2) is 0 Å². The normalized spacial score (nSPS) is 38.2. The zero-order valence-electron chi connectivity index (χ0n) is 12.3. The standard InChI is InChI=1S/C15H27N3O/c1-3-16-14(17-9-13-8-12(13)2)18-6-4-15(10-18)5-7-19-11-15/h12-13H,3-11H2,1-2H3,(H,16,17). The van der Waals surface area contributed by atoms with Gasteiger partial charge in [-0.15, -0.1) is 0 Å². The van der Waals surface area contributed by atoms with Crippen LogP contribution in [-0.2, 0) is 4.74 Å². The lowest BCUT2D eigenvalue weighted by molar-refractivity contribution is 0.156. The Balaban J connectivity index is 1.60. The van der Waals surface area contributed by atoms with Gasteiger partial charge in [0.05, 0.1) is 6.61 Å². The monoisotopic (exact) mass is 265 g/mol. The molecule has 2 aliphatic heterocycles. The first-order valence-electron chi connectivity index (χ1n) is 7.83. The molecule has 19 heavy (non-hydrogen) atoms. The van der Waals surface area contributed by atoms with Crippen molar-refractivity contribution in [2.45, 2.75) is 33.1 Å². The highest BCUT2D eigenvalue weighted by atomic mass is 16.5. The van der Waals surface area contributed by atoms with Crippen molar-refractivity contribution in [2.24, 2.45) is 22.2 Å². The van der Waals surface area contributed by atoms with E-state index in [0.717, 1.165) is 57.2 Å². The van der Waals surface area contributed by atoms with Crippen LogP contribution in [0.3, 0.4) is 0 Å². The van der Waals surface area contributed by atoms with E-state index in [1.54, 1.807) is 0 Å². The summed E-state index contributed by atoms with van der Waals surface area (Å²) in [7, 11) is 0. The van der Waals surface area contributed by atoms with Gasteiger partial charge in [0.2, 0.25) is 0 Å². The average molecular weight is 265 g/mol. The maximum absolute atomic E-state index is 5.61. The summed E-state index contributed by atoms with van der Waals surface area (Å²) in [5.41, 5.74) is 0.420. The lowest BCUT2D eigenvalue weighted by Crippen LogP contribution is -2.41. The fourth-order valence-corrected chi connectivity index (χ4v) is 3.37. The highest BCUT2D eigenvalue weighted by molar-refractivity contribution is 5.80. The lowest BCUT2D eigenvalue weighted by atomic mass is 9.87. The third-order valence-electron chi connectivity index (χ3n) is 5.01. The van der Waals surface area contributed by atoms with Crippen LogP contribution in [0.15, 0.2) is 4.99 Å². The van der Waals surface area contributed by atoms with Crippen LogP contribution in [0.5, 0.6) is 0 Å². The van der Waals surface area contributed by atoms with Gasteiger partial charge in [0.25, 0.3) is 0 Å². The largest absolute Gasteiger partial charge is 0.381 e. The molecule has 1 N–H and O–H groups in total. The lowest BCUT2D eigenvalue weighted by Gasteiger charge is -2.25. The molecule has 3 fully saturated rings. The number of hydrogen-bond donors (Lipinski definition) is 1. The zero-order valence-corrected chi connectivity index (χ0v) is 12.3. The summed E-state index contributed by atoms with van der Waals surface area (Å²) in [6.45, 7) is 10.6. The van der Waals surface area contributed by atoms with Crippen molar-refractivity contribution in [3.05, 3.63) is 0 Å². The molecule has 3 atom stereocenters. The number of nitrogens with one attached hydrogen (secondary N) is 1. The van der Waals surface area contributed by atoms with Crippen molar-refractivity contribution in [1.82, 2.24) is 10.2 Å². The van der Waals surface area contributed by atoms with Crippen LogP contribution >= 0.6 is 0 Å². The van der Waals surface area contributed by atoms with E-state index in [0.29, 0.717) is 5.41 Å². The van der Waals surface area contributed by atoms with Crippen LogP contribution < -0.4 is 5.32 Å². The third kappa shape index (κ3) is 2.88. The molecule has 0 aromatic heterocycles. The molecule has 1 saturated carbocycles. The Kier molecular flexibility index (Phi) is 3.70. The summed E-state index contributed by atoms with van der Waals surface area (Å²) >= 11 is 0. The minimum Gasteiger partial charge on any atom is -0.381 e. The van der Waals surface area contributed by atoms with Crippen LogP contribution in [0.4, 0.5) is 0 Å². The van der Waals surface area contributed by atoms with E-state index in [1.165, 1.54) is 19.3 Å². The van der Waals surface area contributed by atoms with Gasteiger partial charge >= 0.3 is 0 Å². The molecular weight excluding hydrogens is 238 g/mol. The Morgan fingerprint density at radius 3 is 2.95 bits per heavy atom. The van der Waals surface area contributed by atoms with Crippen molar-refractivity contribution in [1.29, 1.82) is 0 Å². The van der Waals surface area contributed by atoms with Crippen LogP contribution in [0, 0.1) is 17.3 Å². The first-order chi connectivity index (χ1) is 9.22. The van der Waals surface area contributed by atoms with E-state index in [1.807, 2.05) is 0 Å². The third-order valence-corrected chi connectivity index (χ3v) is 5.01. The first-order valence-corrected chi connectivity index (χ1v) is 7.83. The fourth-order valence-electron chi connectivity index (χ4n) is 3.37. The number of likely N-dealkylation sites (tertiary alicyclic amines) is 1. The summed E-state index contributed by atoms with van der Waals surface area (Å²) in [6.07, 6.45) is 3.85. The molecule has 0 bridgehead atoms. The highest BCUT2D eigenvalue weighted by Gasteiger charge is 2.42. The Labute approximate surface area is 116 Å². The molecule has 108 valence electrons. The van der Waals surface area contributed by atoms with Gasteiger partial charge in [-0.05, 0) is 38.0 Å². The molecule has 2 saturated heterocycles. The molecule has 0 aromatic carbocycles. The Hall–Kier alpha value is -0.770. The van der Waals surface area contributed by atoms with Gasteiger partial charge in [0.15, 0.2) is 5.96 Å². The van der Waals surface area contributed by atoms with Gasteiger partial charge in [0.1, 0.15) is 0 Å². The predicted molar refractivity (Wildman–Crippen MR) is 77.3 cm³/mol. The Morgan fingerprint density at radius 1 is 1.47 bits per heavy atom. The second-order valence-electron chi connectivity index (χ2n) is 6.64. The van der Waals surface area contributed by atoms with Gasteiger partial charge in [-0.1, -0.05) is 6.92 Å². The number of ether oxygens (including phenoxy) is 1. The number of hydrogen-bond acceptors (Lipinski definition) is 2. The highest BCUT2D eigenvalue weighted by Crippen LogP contribution is 2.39. The van der Waals surface area contributed by atoms with E-state index in [2.05, 4.69) is 24.1 Å². The smallest absolute Gasteiger partial charge is 0.193 e. The van der Waals surface area contributed by atoms with E-state index >= 15 is 0 Å². The van der Waals surface area contributed by atoms with Crippen LogP contribution in [0.1, 0.15) is 33.1 Å². The zero-order chi connectivity index (χ0) is 13.3. The summed E-state index contributed by atoms with van der Waals surface area (Å²) in [4.78, 5) is 7.30. The molecule has 0 amide bonds. The second-order valence-corrected chi connectivity index (χ2v) is 6.64. The SMILES string of the molecule is CCNC(=NCC1CC1C)N1CCC2(CCOC2)C1. The second kappa shape index (κ2) is 5.31. The molecule has 4 heteroatoms. The predicted octanol–water partition coefficient (Wildman–Crippen LogP) is 1.72. The molecule has 0 radical (unpaired) electrons. The maximum Gasteiger partial charge on any atom is 0.193 e. The molecule has 3 rings (SSSR count). The molecule has 0 aromatic rings. The molecule has 3 unspecified atom stereocenters. The van der Waals surface area contributed by atoms with Crippen molar-refractivity contribution in [3.63, 3.8) is 0 Å². The summed E-state index contributed by atoms with van der Waals surface area (Å²) < 4.78 is 5.61. The van der Waals surface area contributed by atoms with E-state index in [-0.39, 0.29) is 0 Å². The van der Waals surface area contributed by atoms with Gasteiger partial charge in [-0.2, -0.15) is 0 Å². The van der Waals surface area contributed by atoms with E-state index in [4.69, 9.17) is 9.73 Å². The van der Waals surface area contributed by atoms with Crippen molar-refractivity contribution in [3.8, 4) is 0 Å². The van der Waals surface area contributed by atoms with Crippen molar-refractivity contribution < 1.29 is 4.74 Å². The number of aliphatic imine (C=N–C) groups is 1. The topological polar surface area (TPSA) is 36.9 Å². The van der Waals surface area contributed by atoms with Crippen molar-refractivity contribution in [2.75, 3.05) is 39.4 Å². The molecule has 4 nitrogen and oxygen atoms in total. The summed E-state index contributed by atoms with van der Waals surface area (Å²) in [5, 5.41) is 3.46.